The Labute approximate surface area is 213 Å². The van der Waals surface area contributed by atoms with Gasteiger partial charge in [-0.25, -0.2) is 0 Å². The molecule has 0 fully saturated rings. The highest BCUT2D eigenvalue weighted by molar-refractivity contribution is 9.10. The molecule has 0 saturated heterocycles. The minimum Gasteiger partial charge on any atom is -0.483 e. The molecule has 2 aromatic carbocycles. The van der Waals surface area contributed by atoms with Crippen LogP contribution in [-0.4, -0.2) is 35.4 Å². The summed E-state index contributed by atoms with van der Waals surface area (Å²) in [6.07, 6.45) is 1.35. The highest BCUT2D eigenvalue weighted by atomic mass is 79.9. The molecule has 0 unspecified atom stereocenters. The zero-order chi connectivity index (χ0) is 25.5. The number of halogens is 1. The molecule has 6 heteroatoms. The van der Waals surface area contributed by atoms with Crippen molar-refractivity contribution in [3.8, 4) is 5.75 Å². The number of hydrogen-bond acceptors (Lipinski definition) is 3. The molecule has 0 heterocycles. The van der Waals surface area contributed by atoms with E-state index >= 15 is 0 Å². The Morgan fingerprint density at radius 3 is 2.35 bits per heavy atom. The van der Waals surface area contributed by atoms with Crippen molar-refractivity contribution in [2.24, 2.45) is 0 Å². The monoisotopic (exact) mass is 530 g/mol. The van der Waals surface area contributed by atoms with E-state index in [1.165, 1.54) is 5.56 Å². The number of rotatable bonds is 10. The number of hydrogen-bond donors (Lipinski definition) is 1. The summed E-state index contributed by atoms with van der Waals surface area (Å²) in [6.45, 7) is 14.6. The average Bonchev–Trinajstić information content (AvgIpc) is 2.77. The lowest BCUT2D eigenvalue weighted by Crippen LogP contribution is -2.51. The maximum absolute atomic E-state index is 13.4. The predicted octanol–water partition coefficient (Wildman–Crippen LogP) is 6.16. The second-order valence-corrected chi connectivity index (χ2v) is 10.8. The molecule has 0 aliphatic rings. The van der Waals surface area contributed by atoms with Crippen LogP contribution in [0.5, 0.6) is 5.75 Å². The summed E-state index contributed by atoms with van der Waals surface area (Å²) in [5.74, 6) is 0.252. The maximum atomic E-state index is 13.4. The molecule has 34 heavy (non-hydrogen) atoms. The number of benzene rings is 2. The van der Waals surface area contributed by atoms with Gasteiger partial charge in [-0.3, -0.25) is 9.59 Å². The minimum atomic E-state index is -0.572. The van der Waals surface area contributed by atoms with Crippen LogP contribution in [0.3, 0.4) is 0 Å². The fourth-order valence-electron chi connectivity index (χ4n) is 3.67. The second-order valence-electron chi connectivity index (χ2n) is 9.94. The quantitative estimate of drug-likeness (QED) is 0.400. The van der Waals surface area contributed by atoms with Crippen molar-refractivity contribution >= 4 is 27.7 Å². The van der Waals surface area contributed by atoms with Gasteiger partial charge in [0.1, 0.15) is 11.8 Å². The van der Waals surface area contributed by atoms with E-state index in [9.17, 15) is 9.59 Å². The topological polar surface area (TPSA) is 58.6 Å². The third-order valence-corrected chi connectivity index (χ3v) is 6.59. The molecule has 0 bridgehead atoms. The molecule has 5 nitrogen and oxygen atoms in total. The van der Waals surface area contributed by atoms with Gasteiger partial charge in [0.15, 0.2) is 6.61 Å². The highest BCUT2D eigenvalue weighted by Crippen LogP contribution is 2.31. The van der Waals surface area contributed by atoms with E-state index in [-0.39, 0.29) is 29.9 Å². The Bertz CT molecular complexity index is 984. The molecule has 186 valence electrons. The van der Waals surface area contributed by atoms with E-state index in [4.69, 9.17) is 4.74 Å². The lowest BCUT2D eigenvalue weighted by atomic mass is 9.87. The third-order valence-electron chi connectivity index (χ3n) is 5.97. The van der Waals surface area contributed by atoms with Crippen LogP contribution in [0.4, 0.5) is 0 Å². The first-order valence-corrected chi connectivity index (χ1v) is 12.8. The average molecular weight is 532 g/mol. The van der Waals surface area contributed by atoms with E-state index in [0.29, 0.717) is 18.7 Å². The van der Waals surface area contributed by atoms with Gasteiger partial charge in [0, 0.05) is 12.6 Å². The van der Waals surface area contributed by atoms with Crippen LogP contribution >= 0.6 is 15.9 Å². The largest absolute Gasteiger partial charge is 0.483 e. The molecule has 0 radical (unpaired) electrons. The van der Waals surface area contributed by atoms with Crippen molar-refractivity contribution in [1.82, 2.24) is 10.2 Å². The summed E-state index contributed by atoms with van der Waals surface area (Å²) < 4.78 is 6.72. The zero-order valence-electron chi connectivity index (χ0n) is 21.6. The summed E-state index contributed by atoms with van der Waals surface area (Å²) in [4.78, 5) is 28.1. The summed E-state index contributed by atoms with van der Waals surface area (Å²) in [7, 11) is 0. The molecular weight excluding hydrogens is 492 g/mol. The predicted molar refractivity (Wildman–Crippen MR) is 142 cm³/mol. The normalized spacial score (nSPS) is 13.2. The van der Waals surface area contributed by atoms with Gasteiger partial charge in [-0.05, 0) is 71.3 Å². The number of amides is 2. The minimum absolute atomic E-state index is 0.0127. The number of nitrogens with zero attached hydrogens (tertiary/aromatic N) is 1. The molecule has 0 aliphatic carbocycles. The Morgan fingerprint density at radius 2 is 1.79 bits per heavy atom. The van der Waals surface area contributed by atoms with Crippen LogP contribution in [0.25, 0.3) is 0 Å². The molecule has 2 amide bonds. The van der Waals surface area contributed by atoms with E-state index in [2.05, 4.69) is 42.0 Å². The first-order valence-electron chi connectivity index (χ1n) is 12.0. The van der Waals surface area contributed by atoms with Crippen LogP contribution in [0, 0.1) is 6.92 Å². The fraction of sp³-hybridized carbons (Fsp3) is 0.500. The van der Waals surface area contributed by atoms with Gasteiger partial charge >= 0.3 is 0 Å². The Kier molecular flexibility index (Phi) is 10.2. The van der Waals surface area contributed by atoms with Crippen LogP contribution in [0.15, 0.2) is 46.9 Å². The fourth-order valence-corrected chi connectivity index (χ4v) is 4.17. The lowest BCUT2D eigenvalue weighted by Gasteiger charge is -2.31. The standard InChI is InChI=1S/C28H39BrN2O3/c1-8-20(4)30-27(33)24(9-2)31(17-21-12-10-11-19(3)15-21)26(32)18-34-25-14-13-22(16-23(25)29)28(5,6)7/h10-16,20,24H,8-9,17-18H2,1-7H3,(H,30,33)/t20-,24-/m1/s1. The van der Waals surface area contributed by atoms with E-state index in [1.54, 1.807) is 4.90 Å². The molecule has 0 aliphatic heterocycles. The summed E-state index contributed by atoms with van der Waals surface area (Å²) in [5.41, 5.74) is 3.28. The number of carbonyl (C=O) groups excluding carboxylic acids is 2. The molecule has 2 aromatic rings. The van der Waals surface area contributed by atoms with E-state index in [0.717, 1.165) is 22.0 Å². The maximum Gasteiger partial charge on any atom is 0.261 e. The first-order chi connectivity index (χ1) is 16.0. The van der Waals surface area contributed by atoms with Gasteiger partial charge in [0.05, 0.1) is 4.47 Å². The van der Waals surface area contributed by atoms with Crippen molar-refractivity contribution in [1.29, 1.82) is 0 Å². The summed E-state index contributed by atoms with van der Waals surface area (Å²) in [5, 5.41) is 3.04. The molecule has 2 rings (SSSR count). The van der Waals surface area contributed by atoms with Gasteiger partial charge in [-0.1, -0.05) is 70.5 Å². The van der Waals surface area contributed by atoms with Crippen LogP contribution in [-0.2, 0) is 21.5 Å². The molecule has 2 atom stereocenters. The zero-order valence-corrected chi connectivity index (χ0v) is 23.2. The number of ether oxygens (including phenoxy) is 1. The number of nitrogens with one attached hydrogen (secondary N) is 1. The molecule has 0 aromatic heterocycles. The first kappa shape index (κ1) is 27.9. The summed E-state index contributed by atoms with van der Waals surface area (Å²) >= 11 is 3.58. The summed E-state index contributed by atoms with van der Waals surface area (Å²) in [6, 6.07) is 13.4. The number of carbonyl (C=O) groups is 2. The number of aryl methyl sites for hydroxylation is 1. The van der Waals surface area contributed by atoms with Gasteiger partial charge in [-0.2, -0.15) is 0 Å². The van der Waals surface area contributed by atoms with Crippen LogP contribution in [0.2, 0.25) is 0 Å². The molecule has 1 N–H and O–H groups in total. The molecular formula is C28H39BrN2O3. The smallest absolute Gasteiger partial charge is 0.261 e. The van der Waals surface area contributed by atoms with Gasteiger partial charge in [-0.15, -0.1) is 0 Å². The van der Waals surface area contributed by atoms with Crippen LogP contribution in [0.1, 0.15) is 71.1 Å². The van der Waals surface area contributed by atoms with Crippen LogP contribution < -0.4 is 10.1 Å². The lowest BCUT2D eigenvalue weighted by molar-refractivity contribution is -0.143. The van der Waals surface area contributed by atoms with E-state index < -0.39 is 6.04 Å². The molecule has 0 saturated carbocycles. The molecule has 0 spiro atoms. The van der Waals surface area contributed by atoms with Gasteiger partial charge in [0.2, 0.25) is 5.91 Å². The Balaban J connectivity index is 2.25. The third kappa shape index (κ3) is 7.86. The van der Waals surface area contributed by atoms with Crippen molar-refractivity contribution in [2.45, 2.75) is 85.4 Å². The van der Waals surface area contributed by atoms with Gasteiger partial charge < -0.3 is 15.0 Å². The van der Waals surface area contributed by atoms with Crippen molar-refractivity contribution < 1.29 is 14.3 Å². The van der Waals surface area contributed by atoms with Crippen molar-refractivity contribution in [2.75, 3.05) is 6.61 Å². The van der Waals surface area contributed by atoms with Crippen molar-refractivity contribution in [3.05, 3.63) is 63.6 Å². The van der Waals surface area contributed by atoms with Crippen molar-refractivity contribution in [3.63, 3.8) is 0 Å². The second kappa shape index (κ2) is 12.4. The Morgan fingerprint density at radius 1 is 1.09 bits per heavy atom. The Hall–Kier alpha value is -2.34. The van der Waals surface area contributed by atoms with E-state index in [1.807, 2.05) is 70.2 Å². The highest BCUT2D eigenvalue weighted by Gasteiger charge is 2.29. The van der Waals surface area contributed by atoms with Gasteiger partial charge in [0.25, 0.3) is 5.91 Å². The SMILES string of the molecule is CC[C@@H](C)NC(=O)[C@@H](CC)N(Cc1cccc(C)c1)C(=O)COc1ccc(C(C)(C)C)cc1Br.